The molecule has 94 valence electrons. The minimum atomic E-state index is -0.554. The third kappa shape index (κ3) is 3.46. The molecule has 1 aliphatic carbocycles. The quantitative estimate of drug-likeness (QED) is 0.673. The zero-order valence-electron chi connectivity index (χ0n) is 10.6. The molecule has 0 saturated heterocycles. The second-order valence-electron chi connectivity index (χ2n) is 4.70. The van der Waals surface area contributed by atoms with Crippen LogP contribution in [-0.4, -0.2) is 42.5 Å². The van der Waals surface area contributed by atoms with Gasteiger partial charge in [0.2, 0.25) is 5.91 Å². The zero-order chi connectivity index (χ0) is 12.0. The minimum absolute atomic E-state index is 0.0336. The fraction of sp³-hybridized carbons (Fsp3) is 0.917. The molecule has 16 heavy (non-hydrogen) atoms. The van der Waals surface area contributed by atoms with E-state index in [0.29, 0.717) is 6.54 Å². The lowest BCUT2D eigenvalue weighted by atomic mass is 9.77. The van der Waals surface area contributed by atoms with Crippen LogP contribution in [0.5, 0.6) is 0 Å². The Morgan fingerprint density at radius 2 is 2.06 bits per heavy atom. The van der Waals surface area contributed by atoms with Gasteiger partial charge in [-0.05, 0) is 38.8 Å². The van der Waals surface area contributed by atoms with Crippen LogP contribution in [0.15, 0.2) is 0 Å². The summed E-state index contributed by atoms with van der Waals surface area (Å²) in [5.41, 5.74) is 5.37. The Morgan fingerprint density at radius 1 is 1.38 bits per heavy atom. The summed E-state index contributed by atoms with van der Waals surface area (Å²) in [6.45, 7) is 8.09. The average Bonchev–Trinajstić information content (AvgIpc) is 2.24. The van der Waals surface area contributed by atoms with Crippen LogP contribution in [0.2, 0.25) is 0 Å². The fourth-order valence-corrected chi connectivity index (χ4v) is 2.03. The van der Waals surface area contributed by atoms with Crippen molar-refractivity contribution in [1.82, 2.24) is 10.2 Å². The molecule has 4 heteroatoms. The van der Waals surface area contributed by atoms with Crippen LogP contribution in [0.1, 0.15) is 39.5 Å². The Hall–Kier alpha value is -0.610. The van der Waals surface area contributed by atoms with Gasteiger partial charge in [0.05, 0.1) is 5.54 Å². The number of nitrogens with one attached hydrogen (secondary N) is 1. The van der Waals surface area contributed by atoms with E-state index >= 15 is 0 Å². The predicted octanol–water partition coefficient (Wildman–Crippen LogP) is 0.716. The number of carbonyl (C=O) groups excluding carboxylic acids is 1. The number of amides is 1. The van der Waals surface area contributed by atoms with Gasteiger partial charge in [-0.25, -0.2) is 0 Å². The van der Waals surface area contributed by atoms with E-state index < -0.39 is 5.54 Å². The van der Waals surface area contributed by atoms with Gasteiger partial charge in [-0.2, -0.15) is 0 Å². The number of rotatable bonds is 7. The molecular formula is C12H25N3O. The Balaban J connectivity index is 2.16. The van der Waals surface area contributed by atoms with E-state index in [9.17, 15) is 4.79 Å². The SMILES string of the molecule is CCCN(CC)CCNC(=O)C1(N)CCC1. The van der Waals surface area contributed by atoms with Gasteiger partial charge in [0, 0.05) is 13.1 Å². The number of nitrogens with two attached hydrogens (primary N) is 1. The molecule has 0 spiro atoms. The third-order valence-corrected chi connectivity index (χ3v) is 3.40. The van der Waals surface area contributed by atoms with E-state index in [1.807, 2.05) is 0 Å². The van der Waals surface area contributed by atoms with Crippen molar-refractivity contribution in [3.05, 3.63) is 0 Å². The minimum Gasteiger partial charge on any atom is -0.353 e. The lowest BCUT2D eigenvalue weighted by Gasteiger charge is -2.36. The highest BCUT2D eigenvalue weighted by molar-refractivity contribution is 5.86. The van der Waals surface area contributed by atoms with Crippen molar-refractivity contribution in [2.24, 2.45) is 5.73 Å². The fourth-order valence-electron chi connectivity index (χ4n) is 2.03. The monoisotopic (exact) mass is 227 g/mol. The molecule has 0 heterocycles. The Kier molecular flexibility index (Phi) is 5.22. The molecular weight excluding hydrogens is 202 g/mol. The summed E-state index contributed by atoms with van der Waals surface area (Å²) in [7, 11) is 0. The standard InChI is InChI=1S/C12H25N3O/c1-3-9-15(4-2)10-8-14-11(16)12(13)6-5-7-12/h3-10,13H2,1-2H3,(H,14,16). The normalized spacial score (nSPS) is 18.2. The van der Waals surface area contributed by atoms with Crippen LogP contribution >= 0.6 is 0 Å². The molecule has 1 amide bonds. The van der Waals surface area contributed by atoms with Gasteiger partial charge in [0.25, 0.3) is 0 Å². The summed E-state index contributed by atoms with van der Waals surface area (Å²) in [6.07, 6.45) is 3.92. The molecule has 4 nitrogen and oxygen atoms in total. The molecule has 3 N–H and O–H groups in total. The van der Waals surface area contributed by atoms with Crippen LogP contribution < -0.4 is 11.1 Å². The van der Waals surface area contributed by atoms with Crippen molar-refractivity contribution >= 4 is 5.91 Å². The first-order chi connectivity index (χ1) is 7.62. The predicted molar refractivity (Wildman–Crippen MR) is 66.2 cm³/mol. The Morgan fingerprint density at radius 3 is 2.50 bits per heavy atom. The molecule has 0 aromatic rings. The van der Waals surface area contributed by atoms with E-state index in [-0.39, 0.29) is 5.91 Å². The van der Waals surface area contributed by atoms with E-state index in [1.165, 1.54) is 0 Å². The maximum Gasteiger partial charge on any atom is 0.240 e. The van der Waals surface area contributed by atoms with Crippen LogP contribution in [0.25, 0.3) is 0 Å². The zero-order valence-corrected chi connectivity index (χ0v) is 10.6. The second kappa shape index (κ2) is 6.21. The summed E-state index contributed by atoms with van der Waals surface area (Å²) >= 11 is 0. The number of likely N-dealkylation sites (N-methyl/N-ethyl adjacent to an activating group) is 1. The molecule has 0 aromatic heterocycles. The molecule has 0 aliphatic heterocycles. The van der Waals surface area contributed by atoms with Crippen molar-refractivity contribution in [3.8, 4) is 0 Å². The molecule has 0 radical (unpaired) electrons. The van der Waals surface area contributed by atoms with E-state index in [2.05, 4.69) is 24.1 Å². The number of hydrogen-bond donors (Lipinski definition) is 2. The van der Waals surface area contributed by atoms with Crippen molar-refractivity contribution in [2.75, 3.05) is 26.2 Å². The van der Waals surface area contributed by atoms with Crippen molar-refractivity contribution in [3.63, 3.8) is 0 Å². The number of carbonyl (C=O) groups is 1. The Bertz CT molecular complexity index is 226. The van der Waals surface area contributed by atoms with Gasteiger partial charge in [-0.1, -0.05) is 13.8 Å². The topological polar surface area (TPSA) is 58.4 Å². The van der Waals surface area contributed by atoms with Crippen LogP contribution in [-0.2, 0) is 4.79 Å². The molecule has 0 bridgehead atoms. The van der Waals surface area contributed by atoms with Crippen LogP contribution in [0.4, 0.5) is 0 Å². The molecule has 1 saturated carbocycles. The highest BCUT2D eigenvalue weighted by Gasteiger charge is 2.39. The molecule has 1 fully saturated rings. The molecule has 1 aliphatic rings. The molecule has 0 atom stereocenters. The van der Waals surface area contributed by atoms with Crippen molar-refractivity contribution in [1.29, 1.82) is 0 Å². The largest absolute Gasteiger partial charge is 0.353 e. The lowest BCUT2D eigenvalue weighted by molar-refractivity contribution is -0.129. The van der Waals surface area contributed by atoms with Crippen molar-refractivity contribution in [2.45, 2.75) is 45.1 Å². The molecule has 0 aromatic carbocycles. The van der Waals surface area contributed by atoms with Crippen LogP contribution in [0, 0.1) is 0 Å². The summed E-state index contributed by atoms with van der Waals surface area (Å²) in [5.74, 6) is 0.0336. The lowest BCUT2D eigenvalue weighted by Crippen LogP contribution is -2.59. The first kappa shape index (κ1) is 13.5. The highest BCUT2D eigenvalue weighted by Crippen LogP contribution is 2.28. The molecule has 1 rings (SSSR count). The average molecular weight is 227 g/mol. The first-order valence-electron chi connectivity index (χ1n) is 6.42. The van der Waals surface area contributed by atoms with E-state index in [1.54, 1.807) is 0 Å². The van der Waals surface area contributed by atoms with Gasteiger partial charge >= 0.3 is 0 Å². The number of hydrogen-bond acceptors (Lipinski definition) is 3. The summed E-state index contributed by atoms with van der Waals surface area (Å²) in [6, 6.07) is 0. The number of nitrogens with zero attached hydrogens (tertiary/aromatic N) is 1. The summed E-state index contributed by atoms with van der Waals surface area (Å²) in [4.78, 5) is 14.1. The van der Waals surface area contributed by atoms with Gasteiger partial charge in [-0.15, -0.1) is 0 Å². The highest BCUT2D eigenvalue weighted by atomic mass is 16.2. The maximum absolute atomic E-state index is 11.7. The first-order valence-corrected chi connectivity index (χ1v) is 6.42. The Labute approximate surface area is 98.6 Å². The smallest absolute Gasteiger partial charge is 0.240 e. The van der Waals surface area contributed by atoms with E-state index in [0.717, 1.165) is 45.3 Å². The van der Waals surface area contributed by atoms with Crippen LogP contribution in [0.3, 0.4) is 0 Å². The van der Waals surface area contributed by atoms with Crippen molar-refractivity contribution < 1.29 is 4.79 Å². The van der Waals surface area contributed by atoms with Gasteiger partial charge in [0.1, 0.15) is 0 Å². The molecule has 0 unspecified atom stereocenters. The van der Waals surface area contributed by atoms with E-state index in [4.69, 9.17) is 5.73 Å². The summed E-state index contributed by atoms with van der Waals surface area (Å²) in [5, 5.41) is 2.94. The summed E-state index contributed by atoms with van der Waals surface area (Å²) < 4.78 is 0. The van der Waals surface area contributed by atoms with Gasteiger partial charge in [0.15, 0.2) is 0 Å². The third-order valence-electron chi connectivity index (χ3n) is 3.40. The maximum atomic E-state index is 11.7. The van der Waals surface area contributed by atoms with Gasteiger partial charge < -0.3 is 16.0 Å². The second-order valence-corrected chi connectivity index (χ2v) is 4.70. The van der Waals surface area contributed by atoms with Gasteiger partial charge in [-0.3, -0.25) is 4.79 Å².